The van der Waals surface area contributed by atoms with Gasteiger partial charge in [0.1, 0.15) is 53.7 Å². The zero-order valence-corrected chi connectivity index (χ0v) is 54.0. The number of aromatic amines is 4. The molecule has 0 aliphatic carbocycles. The number of carboxylic acid groups (broad SMARTS) is 1. The minimum Gasteiger partial charge on any atom is -0.480 e. The Kier molecular flexibility index (Phi) is 23.4. The summed E-state index contributed by atoms with van der Waals surface area (Å²) in [5.41, 5.74) is 8.86. The molecule has 10 rings (SSSR count). The number of aliphatic hydroxyl groups is 1. The Labute approximate surface area is 562 Å². The SMILES string of the molecule is CC[C@@]1(C(=O)O)CCC(C(=O)[C@H](CCCCN)NC(=O)[C@H](Cc2c[nH]c3ccccc23)NC(=O)[C@@H](Cc2nccn2Cc2ccccc2)NC(=O)[C@H](Cc2cnc[nH]2)NC(=O)[C@H](CO)NC(=O)[C@H](Cc2c[nH]c3ccccc23)NC(=O)[C@H](Cc2cnc[nH]2)NC(=O)[C@@H]2CCC(=O)N2)N1. The average Bonchev–Trinajstić information content (AvgIpc) is 1.74. The van der Waals surface area contributed by atoms with Gasteiger partial charge in [-0.15, -0.1) is 0 Å². The van der Waals surface area contributed by atoms with E-state index in [1.165, 1.54) is 31.2 Å². The second-order valence-corrected chi connectivity index (χ2v) is 24.8. The molecule has 0 saturated carbocycles. The molecule has 1 unspecified atom stereocenters. The lowest BCUT2D eigenvalue weighted by Crippen LogP contribution is -2.62. The van der Waals surface area contributed by atoms with Gasteiger partial charge >= 0.3 is 5.97 Å². The molecule has 3 aromatic carbocycles. The van der Waals surface area contributed by atoms with E-state index in [4.69, 9.17) is 5.73 Å². The summed E-state index contributed by atoms with van der Waals surface area (Å²) in [6, 6.07) is 11.8. The van der Waals surface area contributed by atoms with Crippen molar-refractivity contribution in [3.8, 4) is 0 Å². The molecule has 2 saturated heterocycles. The van der Waals surface area contributed by atoms with Crippen LogP contribution < -0.4 is 53.6 Å². The smallest absolute Gasteiger partial charge is 0.323 e. The van der Waals surface area contributed by atoms with Crippen molar-refractivity contribution in [3.63, 3.8) is 0 Å². The number of carbonyl (C=O) groups excluding carboxylic acids is 9. The van der Waals surface area contributed by atoms with Crippen LogP contribution in [0, 0.1) is 0 Å². The molecule has 5 aromatic heterocycles. The third kappa shape index (κ3) is 17.6. The number of unbranched alkanes of at least 4 members (excludes halogenated alkanes) is 1. The third-order valence-electron chi connectivity index (χ3n) is 18.1. The largest absolute Gasteiger partial charge is 0.480 e. The maximum absolute atomic E-state index is 15.4. The molecular weight excluding hydrogens is 1260 g/mol. The zero-order chi connectivity index (χ0) is 69.3. The highest BCUT2D eigenvalue weighted by Crippen LogP contribution is 2.29. The van der Waals surface area contributed by atoms with Crippen LogP contribution in [0.1, 0.15) is 92.2 Å². The Morgan fingerprint density at radius 3 is 1.62 bits per heavy atom. The second kappa shape index (κ2) is 32.7. The number of aliphatic carboxylic acids is 1. The van der Waals surface area contributed by atoms with E-state index in [0.717, 1.165) is 16.5 Å². The van der Waals surface area contributed by atoms with Crippen LogP contribution in [0.25, 0.3) is 21.8 Å². The first-order valence-electron chi connectivity index (χ1n) is 32.8. The fourth-order valence-corrected chi connectivity index (χ4v) is 12.6. The molecule has 10 atom stereocenters. The summed E-state index contributed by atoms with van der Waals surface area (Å²) in [7, 11) is 0. The van der Waals surface area contributed by atoms with Crippen LogP contribution in [-0.2, 0) is 86.6 Å². The molecule has 0 radical (unpaired) electrons. The van der Waals surface area contributed by atoms with E-state index < -0.39 is 120 Å². The number of carboxylic acids is 1. The average molecular weight is 1340 g/mol. The van der Waals surface area contributed by atoms with Gasteiger partial charge in [-0.2, -0.15) is 0 Å². The van der Waals surface area contributed by atoms with Gasteiger partial charge in [-0.3, -0.25) is 53.3 Å². The number of nitrogens with one attached hydrogen (secondary N) is 13. The van der Waals surface area contributed by atoms with Gasteiger partial charge in [0.15, 0.2) is 5.78 Å². The van der Waals surface area contributed by atoms with Gasteiger partial charge in [-0.05, 0) is 80.3 Å². The number of fused-ring (bicyclic) bond motifs is 2. The highest BCUT2D eigenvalue weighted by atomic mass is 16.4. The molecule has 516 valence electrons. The second-order valence-electron chi connectivity index (χ2n) is 24.8. The van der Waals surface area contributed by atoms with Crippen LogP contribution in [0.3, 0.4) is 0 Å². The third-order valence-corrected chi connectivity index (χ3v) is 18.1. The van der Waals surface area contributed by atoms with Gasteiger partial charge in [0, 0.05) is 115 Å². The van der Waals surface area contributed by atoms with Crippen LogP contribution in [0.5, 0.6) is 0 Å². The van der Waals surface area contributed by atoms with E-state index in [-0.39, 0.29) is 76.5 Å². The molecule has 2 fully saturated rings. The molecule has 2 aliphatic heterocycles. The fraction of sp³-hybridized carbons (Fsp3) is 0.397. The Balaban J connectivity index is 0.926. The first kappa shape index (κ1) is 70.0. The number of nitrogens with zero attached hydrogens (tertiary/aromatic N) is 4. The summed E-state index contributed by atoms with van der Waals surface area (Å²) in [6.07, 6.45) is 13.2. The number of aliphatic hydroxyl groups excluding tert-OH is 1. The van der Waals surface area contributed by atoms with Gasteiger partial charge in [0.2, 0.25) is 47.3 Å². The number of hydrogen-bond donors (Lipinski definition) is 16. The van der Waals surface area contributed by atoms with Crippen molar-refractivity contribution >= 4 is 80.8 Å². The summed E-state index contributed by atoms with van der Waals surface area (Å²) in [4.78, 5) is 167. The normalized spacial score (nSPS) is 18.1. The number of nitrogens with two attached hydrogens (primary N) is 1. The van der Waals surface area contributed by atoms with Gasteiger partial charge in [0.25, 0.3) is 0 Å². The van der Waals surface area contributed by atoms with Crippen molar-refractivity contribution in [3.05, 3.63) is 163 Å². The molecule has 0 spiro atoms. The molecule has 30 heteroatoms. The van der Waals surface area contributed by atoms with E-state index in [1.807, 2.05) is 66.7 Å². The molecule has 17 N–H and O–H groups in total. The quantitative estimate of drug-likeness (QED) is 0.0236. The first-order chi connectivity index (χ1) is 47.4. The van der Waals surface area contributed by atoms with E-state index in [2.05, 4.69) is 82.7 Å². The summed E-state index contributed by atoms with van der Waals surface area (Å²) in [5, 5.41) is 47.5. The van der Waals surface area contributed by atoms with Gasteiger partial charge in [-0.1, -0.05) is 73.7 Å². The number of carbonyl (C=O) groups is 10. The molecule has 0 bridgehead atoms. The summed E-state index contributed by atoms with van der Waals surface area (Å²) in [6.45, 7) is 1.29. The van der Waals surface area contributed by atoms with E-state index in [1.54, 1.807) is 42.2 Å². The first-order valence-corrected chi connectivity index (χ1v) is 32.8. The number of hydrogen-bond acceptors (Lipinski definition) is 16. The number of amides is 8. The topological polar surface area (TPSA) is 452 Å². The number of ketones is 1. The van der Waals surface area contributed by atoms with Crippen LogP contribution >= 0.6 is 0 Å². The van der Waals surface area contributed by atoms with Crippen LogP contribution in [0.15, 0.2) is 129 Å². The van der Waals surface area contributed by atoms with Crippen molar-refractivity contribution in [2.24, 2.45) is 5.73 Å². The standard InChI is InChI=1S/C68H82N18O12/c1-2-68(67(97)98)22-21-49(85-68)59(89)48(18-10-11-23-69)78-61(91)51(26-40-31-73-46-16-8-6-14-44(40)46)80-65(95)55(30-57-72-24-25-86(57)35-39-12-4-3-5-13-39)83-64(94)54(29-43-34-71-38-76-43)82-66(96)56(36-87)84-62(92)52(27-41-32-74-47-17-9-7-15-45(41)47)79-63(93)53(28-42-33-70-37-75-42)81-60(90)50-19-20-58(88)77-50/h3-9,12-17,24-25,31-34,37-38,48-56,73-74,85,87H,2,10-11,18-23,26-30,35-36,69H2,1H3,(H,70,75)(H,71,76)(H,77,88)(H,78,91)(H,79,93)(H,80,95)(H,81,90)(H,82,96)(H,83,94)(H,84,92)(H,97,98)/t48-,49?,50-,51-,52-,53-,54-,55+,56-,68-/m0/s1. The van der Waals surface area contributed by atoms with Crippen molar-refractivity contribution in [2.75, 3.05) is 13.2 Å². The fourth-order valence-electron chi connectivity index (χ4n) is 12.6. The number of H-pyrrole nitrogens is 4. The Hall–Kier alpha value is -10.9. The van der Waals surface area contributed by atoms with Gasteiger partial charge in [-0.25, -0.2) is 15.0 Å². The minimum atomic E-state index is -1.79. The lowest BCUT2D eigenvalue weighted by Gasteiger charge is -2.28. The monoisotopic (exact) mass is 1340 g/mol. The molecule has 98 heavy (non-hydrogen) atoms. The predicted octanol–water partition coefficient (Wildman–Crippen LogP) is 0.202. The summed E-state index contributed by atoms with van der Waals surface area (Å²) >= 11 is 0. The Morgan fingerprint density at radius 2 is 1.12 bits per heavy atom. The Morgan fingerprint density at radius 1 is 0.612 bits per heavy atom. The molecular formula is C68H82N18O12. The molecule has 30 nitrogen and oxygen atoms in total. The number of aromatic nitrogens is 8. The van der Waals surface area contributed by atoms with Crippen molar-refractivity contribution in [1.82, 2.24) is 87.3 Å². The molecule has 7 heterocycles. The lowest BCUT2D eigenvalue weighted by atomic mass is 9.94. The minimum absolute atomic E-state index is 0.107. The van der Waals surface area contributed by atoms with Crippen LogP contribution in [0.2, 0.25) is 0 Å². The van der Waals surface area contributed by atoms with Crippen LogP contribution in [0.4, 0.5) is 0 Å². The summed E-state index contributed by atoms with van der Waals surface area (Å²) in [5.74, 6) is -7.59. The highest BCUT2D eigenvalue weighted by Gasteiger charge is 2.47. The zero-order valence-electron chi connectivity index (χ0n) is 54.0. The van der Waals surface area contributed by atoms with Crippen molar-refractivity contribution < 1.29 is 58.2 Å². The maximum Gasteiger partial charge on any atom is 0.323 e. The van der Waals surface area contributed by atoms with Crippen LogP contribution in [-0.4, -0.2) is 182 Å². The number of rotatable bonds is 35. The van der Waals surface area contributed by atoms with E-state index >= 15 is 14.4 Å². The Bertz CT molecular complexity index is 4090. The number of imidazole rings is 3. The number of para-hydroxylation sites is 2. The maximum atomic E-state index is 15.4. The van der Waals surface area contributed by atoms with E-state index in [0.29, 0.717) is 65.2 Å². The van der Waals surface area contributed by atoms with E-state index in [9.17, 15) is 43.8 Å². The molecule has 8 amide bonds. The number of Topliss-reactive ketones (excluding diaryl/α,β-unsaturated/α-hetero) is 1. The lowest BCUT2D eigenvalue weighted by molar-refractivity contribution is -0.144. The van der Waals surface area contributed by atoms with Crippen molar-refractivity contribution in [2.45, 2.75) is 157 Å². The summed E-state index contributed by atoms with van der Waals surface area (Å²) < 4.78 is 1.78. The van der Waals surface area contributed by atoms with Crippen molar-refractivity contribution in [1.29, 1.82) is 0 Å². The molecule has 2 aliphatic rings. The highest BCUT2D eigenvalue weighted by molar-refractivity contribution is 6.00. The number of benzene rings is 3. The molecule has 8 aromatic rings. The predicted molar refractivity (Wildman–Crippen MR) is 357 cm³/mol. The van der Waals surface area contributed by atoms with Gasteiger partial charge in [0.05, 0.1) is 31.3 Å². The van der Waals surface area contributed by atoms with Gasteiger partial charge < -0.3 is 83.0 Å².